The molecule has 2 aromatic rings. The number of alkyl halides is 3. The highest BCUT2D eigenvalue weighted by Gasteiger charge is 2.30. The molecule has 1 fully saturated rings. The zero-order valence-electron chi connectivity index (χ0n) is 16.2. The van der Waals surface area contributed by atoms with Crippen molar-refractivity contribution in [2.75, 3.05) is 26.7 Å². The van der Waals surface area contributed by atoms with E-state index >= 15 is 0 Å². The van der Waals surface area contributed by atoms with E-state index in [-0.39, 0.29) is 24.0 Å². The first-order valence-corrected chi connectivity index (χ1v) is 8.97. The molecule has 1 N–H and O–H groups in total. The highest BCUT2D eigenvalue weighted by atomic mass is 127. The number of halogens is 4. The number of likely N-dealkylation sites (tertiary alicyclic amines) is 1. The van der Waals surface area contributed by atoms with E-state index in [0.29, 0.717) is 18.0 Å². The molecule has 2 heterocycles. The number of nitrogens with one attached hydrogen (secondary N) is 1. The molecule has 0 amide bonds. The molecule has 1 aromatic carbocycles. The molecule has 0 saturated carbocycles. The molecule has 5 nitrogen and oxygen atoms in total. The summed E-state index contributed by atoms with van der Waals surface area (Å²) in [6, 6.07) is 5.02. The third-order valence-corrected chi connectivity index (χ3v) is 4.65. The van der Waals surface area contributed by atoms with Gasteiger partial charge in [0.15, 0.2) is 5.96 Å². The molecule has 29 heavy (non-hydrogen) atoms. The lowest BCUT2D eigenvalue weighted by Crippen LogP contribution is -2.40. The maximum atomic E-state index is 12.7. The van der Waals surface area contributed by atoms with Gasteiger partial charge in [-0.1, -0.05) is 17.9 Å². The highest BCUT2D eigenvalue weighted by Crippen LogP contribution is 2.29. The van der Waals surface area contributed by atoms with E-state index in [0.717, 1.165) is 37.6 Å². The van der Waals surface area contributed by atoms with Crippen molar-refractivity contribution in [3.63, 3.8) is 0 Å². The van der Waals surface area contributed by atoms with Crippen LogP contribution in [0.15, 0.2) is 41.7 Å². The van der Waals surface area contributed by atoms with Crippen LogP contribution in [0.4, 0.5) is 13.2 Å². The summed E-state index contributed by atoms with van der Waals surface area (Å²) in [7, 11) is 3.61. The summed E-state index contributed by atoms with van der Waals surface area (Å²) in [5.41, 5.74) is 0.857. The average molecular weight is 517 g/mol. The lowest BCUT2D eigenvalue weighted by Gasteiger charge is -2.20. The van der Waals surface area contributed by atoms with E-state index < -0.39 is 11.7 Å². The molecule has 1 unspecified atom stereocenters. The molecule has 1 aliphatic rings. The second-order valence-electron chi connectivity index (χ2n) is 6.66. The van der Waals surface area contributed by atoms with Gasteiger partial charge in [-0.15, -0.1) is 24.0 Å². The second-order valence-corrected chi connectivity index (χ2v) is 6.66. The highest BCUT2D eigenvalue weighted by molar-refractivity contribution is 14.0. The van der Waals surface area contributed by atoms with Crippen molar-refractivity contribution in [2.45, 2.75) is 18.5 Å². The number of hydrogen-bond acceptors (Lipinski definition) is 2. The minimum Gasteiger partial charge on any atom is -0.345 e. The molecule has 3 rings (SSSR count). The van der Waals surface area contributed by atoms with Crippen LogP contribution in [0.3, 0.4) is 0 Å². The van der Waals surface area contributed by atoms with E-state index in [4.69, 9.17) is 0 Å². The van der Waals surface area contributed by atoms with Gasteiger partial charge in [0.05, 0.1) is 18.3 Å². The molecule has 0 aliphatic carbocycles. The molecular formula is C20H23F3IN5. The van der Waals surface area contributed by atoms with Crippen LogP contribution in [0.2, 0.25) is 0 Å². The SMILES string of the molecule is CN=C(NCC#Cc1cccc(C(F)(F)F)c1)N1CCC(c2cnn(C)c2)C1.I. The molecule has 0 radical (unpaired) electrons. The van der Waals surface area contributed by atoms with Gasteiger partial charge in [0, 0.05) is 44.9 Å². The third-order valence-electron chi connectivity index (χ3n) is 4.65. The van der Waals surface area contributed by atoms with Gasteiger partial charge >= 0.3 is 6.18 Å². The Balaban J connectivity index is 0.00000300. The number of aromatic nitrogens is 2. The van der Waals surface area contributed by atoms with Gasteiger partial charge in [-0.05, 0) is 30.2 Å². The van der Waals surface area contributed by atoms with Crippen molar-refractivity contribution in [2.24, 2.45) is 12.0 Å². The Morgan fingerprint density at radius 1 is 1.38 bits per heavy atom. The number of aliphatic imine (C=N–C) groups is 1. The van der Waals surface area contributed by atoms with Crippen molar-refractivity contribution in [3.05, 3.63) is 53.3 Å². The molecule has 1 saturated heterocycles. The molecular weight excluding hydrogens is 494 g/mol. The van der Waals surface area contributed by atoms with Crippen LogP contribution in [-0.2, 0) is 13.2 Å². The topological polar surface area (TPSA) is 45.5 Å². The maximum Gasteiger partial charge on any atom is 0.416 e. The molecule has 1 aromatic heterocycles. The van der Waals surface area contributed by atoms with Crippen molar-refractivity contribution >= 4 is 29.9 Å². The predicted octanol–water partition coefficient (Wildman–Crippen LogP) is 3.47. The Morgan fingerprint density at radius 3 is 2.83 bits per heavy atom. The van der Waals surface area contributed by atoms with Crippen LogP contribution in [0.5, 0.6) is 0 Å². The largest absolute Gasteiger partial charge is 0.416 e. The Kier molecular flexibility index (Phi) is 7.96. The van der Waals surface area contributed by atoms with E-state index in [1.54, 1.807) is 17.8 Å². The Hall–Kier alpha value is -2.22. The summed E-state index contributed by atoms with van der Waals surface area (Å²) >= 11 is 0. The summed E-state index contributed by atoms with van der Waals surface area (Å²) in [5, 5.41) is 7.39. The van der Waals surface area contributed by atoms with Gasteiger partial charge in [-0.25, -0.2) is 0 Å². The summed E-state index contributed by atoms with van der Waals surface area (Å²) in [6.45, 7) is 2.02. The fourth-order valence-electron chi connectivity index (χ4n) is 3.25. The Bertz CT molecular complexity index is 911. The molecule has 0 spiro atoms. The lowest BCUT2D eigenvalue weighted by atomic mass is 10.0. The van der Waals surface area contributed by atoms with Crippen molar-refractivity contribution in [1.82, 2.24) is 20.0 Å². The lowest BCUT2D eigenvalue weighted by molar-refractivity contribution is -0.137. The molecule has 156 valence electrons. The van der Waals surface area contributed by atoms with E-state index in [9.17, 15) is 13.2 Å². The van der Waals surface area contributed by atoms with Crippen LogP contribution in [0.1, 0.15) is 29.0 Å². The maximum absolute atomic E-state index is 12.7. The fourth-order valence-corrected chi connectivity index (χ4v) is 3.25. The fraction of sp³-hybridized carbons (Fsp3) is 0.400. The first-order chi connectivity index (χ1) is 13.4. The normalized spacial score (nSPS) is 16.8. The zero-order valence-corrected chi connectivity index (χ0v) is 18.5. The Labute approximate surface area is 185 Å². The number of guanidine groups is 1. The van der Waals surface area contributed by atoms with Crippen LogP contribution in [-0.4, -0.2) is 47.3 Å². The summed E-state index contributed by atoms with van der Waals surface area (Å²) in [5.74, 6) is 6.78. The van der Waals surface area contributed by atoms with Gasteiger partial charge < -0.3 is 10.2 Å². The second kappa shape index (κ2) is 10.0. The third kappa shape index (κ3) is 6.13. The van der Waals surface area contributed by atoms with Crippen LogP contribution in [0.25, 0.3) is 0 Å². The minimum atomic E-state index is -4.36. The van der Waals surface area contributed by atoms with E-state index in [1.807, 2.05) is 19.4 Å². The van der Waals surface area contributed by atoms with Gasteiger partial charge in [0.25, 0.3) is 0 Å². The summed E-state index contributed by atoms with van der Waals surface area (Å²) in [6.07, 6.45) is 0.580. The van der Waals surface area contributed by atoms with E-state index in [2.05, 4.69) is 32.1 Å². The van der Waals surface area contributed by atoms with Crippen LogP contribution in [0, 0.1) is 11.8 Å². The molecule has 0 bridgehead atoms. The molecule has 1 atom stereocenters. The van der Waals surface area contributed by atoms with Gasteiger partial charge in [0.2, 0.25) is 0 Å². The smallest absolute Gasteiger partial charge is 0.345 e. The van der Waals surface area contributed by atoms with Gasteiger partial charge in [-0.3, -0.25) is 9.67 Å². The number of aryl methyl sites for hydroxylation is 1. The summed E-state index contributed by atoms with van der Waals surface area (Å²) < 4.78 is 40.0. The van der Waals surface area contributed by atoms with Gasteiger partial charge in [-0.2, -0.15) is 18.3 Å². The average Bonchev–Trinajstić information content (AvgIpc) is 3.30. The number of hydrogen-bond donors (Lipinski definition) is 1. The van der Waals surface area contributed by atoms with Crippen molar-refractivity contribution in [3.8, 4) is 11.8 Å². The summed E-state index contributed by atoms with van der Waals surface area (Å²) in [4.78, 5) is 6.44. The monoisotopic (exact) mass is 517 g/mol. The van der Waals surface area contributed by atoms with Gasteiger partial charge in [0.1, 0.15) is 0 Å². The predicted molar refractivity (Wildman–Crippen MR) is 117 cm³/mol. The van der Waals surface area contributed by atoms with Crippen LogP contribution >= 0.6 is 24.0 Å². The zero-order chi connectivity index (χ0) is 20.1. The number of rotatable bonds is 2. The first kappa shape index (κ1) is 23.1. The number of nitrogens with zero attached hydrogens (tertiary/aromatic N) is 4. The Morgan fingerprint density at radius 2 is 2.17 bits per heavy atom. The van der Waals surface area contributed by atoms with Crippen molar-refractivity contribution < 1.29 is 13.2 Å². The van der Waals surface area contributed by atoms with E-state index in [1.165, 1.54) is 11.6 Å². The first-order valence-electron chi connectivity index (χ1n) is 8.97. The standard InChI is InChI=1S/C20H22F3N5.HI/c1-24-19(28-10-8-16(14-28)17-12-26-27(2)13-17)25-9-4-6-15-5-3-7-18(11-15)20(21,22)23;/h3,5,7,11-13,16H,8-10,14H2,1-2H3,(H,24,25);1H. The quantitative estimate of drug-likeness (QED) is 0.287. The van der Waals surface area contributed by atoms with Crippen molar-refractivity contribution in [1.29, 1.82) is 0 Å². The number of benzene rings is 1. The van der Waals surface area contributed by atoms with Crippen LogP contribution < -0.4 is 5.32 Å². The molecule has 9 heteroatoms. The minimum absolute atomic E-state index is 0. The molecule has 1 aliphatic heterocycles.